The minimum atomic E-state index is -1.18. The molecule has 0 spiro atoms. The number of aliphatic hydroxyl groups excluding tert-OH is 1. The molecule has 35 heavy (non-hydrogen) atoms. The van der Waals surface area contributed by atoms with E-state index in [2.05, 4.69) is 0 Å². The van der Waals surface area contributed by atoms with Crippen molar-refractivity contribution < 1.29 is 23.8 Å². The summed E-state index contributed by atoms with van der Waals surface area (Å²) < 4.78 is 20.5. The van der Waals surface area contributed by atoms with E-state index in [9.17, 15) is 14.7 Å². The molecule has 1 N–H and O–H groups in total. The Hall–Kier alpha value is -3.64. The van der Waals surface area contributed by atoms with Gasteiger partial charge in [0.25, 0.3) is 11.7 Å². The molecule has 1 unspecified atom stereocenters. The maximum atomic E-state index is 15.1. The fourth-order valence-corrected chi connectivity index (χ4v) is 4.63. The number of carbonyl (C=O) groups is 2. The van der Waals surface area contributed by atoms with Crippen LogP contribution in [0, 0.1) is 12.7 Å². The molecule has 1 fully saturated rings. The second kappa shape index (κ2) is 9.55. The third-order valence-electron chi connectivity index (χ3n) is 6.18. The van der Waals surface area contributed by atoms with Crippen molar-refractivity contribution in [1.29, 1.82) is 0 Å². The zero-order valence-corrected chi connectivity index (χ0v) is 20.6. The van der Waals surface area contributed by atoms with Gasteiger partial charge in [0.05, 0.1) is 18.7 Å². The van der Waals surface area contributed by atoms with Crippen LogP contribution in [0.15, 0.2) is 66.2 Å². The summed E-state index contributed by atoms with van der Waals surface area (Å²) in [5.74, 6) is -2.04. The van der Waals surface area contributed by atoms with Crippen LogP contribution in [-0.4, -0.2) is 23.9 Å². The summed E-state index contributed by atoms with van der Waals surface area (Å²) in [4.78, 5) is 27.8. The quantitative estimate of drug-likeness (QED) is 0.249. The van der Waals surface area contributed by atoms with Crippen LogP contribution >= 0.6 is 11.6 Å². The topological polar surface area (TPSA) is 66.8 Å². The molecule has 180 valence electrons. The number of carbonyl (C=O) groups excluding carboxylic acids is 2. The van der Waals surface area contributed by atoms with E-state index in [4.69, 9.17) is 16.3 Å². The maximum Gasteiger partial charge on any atom is 0.300 e. The Morgan fingerprint density at radius 1 is 1.09 bits per heavy atom. The van der Waals surface area contributed by atoms with Crippen molar-refractivity contribution in [1.82, 2.24) is 0 Å². The molecule has 0 aromatic heterocycles. The van der Waals surface area contributed by atoms with E-state index in [0.29, 0.717) is 27.6 Å². The standard InChI is InChI=1S/C28H25ClFNO4/c1-15(2)20-14-21(16(3)12-23(20)35-4)26(32)24-25(19-10-5-6-11-22(19)30)31(28(34)27(24)33)18-9-7-8-17(29)13-18/h5-15,25,32H,1-4H3/b26-24+. The first-order valence-electron chi connectivity index (χ1n) is 11.2. The van der Waals surface area contributed by atoms with Gasteiger partial charge in [0.15, 0.2) is 0 Å². The molecule has 4 rings (SSSR count). The number of methoxy groups -OCH3 is 1. The average Bonchev–Trinajstić information content (AvgIpc) is 3.08. The van der Waals surface area contributed by atoms with E-state index >= 15 is 4.39 Å². The summed E-state index contributed by atoms with van der Waals surface area (Å²) >= 11 is 6.15. The molecule has 0 aliphatic carbocycles. The molecule has 1 atom stereocenters. The molecule has 5 nitrogen and oxygen atoms in total. The lowest BCUT2D eigenvalue weighted by Gasteiger charge is -2.26. The molecule has 0 radical (unpaired) electrons. The van der Waals surface area contributed by atoms with Crippen LogP contribution in [0.1, 0.15) is 48.1 Å². The molecular weight excluding hydrogens is 469 g/mol. The van der Waals surface area contributed by atoms with Crippen LogP contribution in [0.3, 0.4) is 0 Å². The molecule has 1 aliphatic rings. The average molecular weight is 494 g/mol. The summed E-state index contributed by atoms with van der Waals surface area (Å²) in [5, 5.41) is 11.8. The Bertz CT molecular complexity index is 1360. The van der Waals surface area contributed by atoms with Crippen LogP contribution in [-0.2, 0) is 9.59 Å². The zero-order chi connectivity index (χ0) is 25.4. The number of amides is 1. The molecule has 0 bridgehead atoms. The van der Waals surface area contributed by atoms with Gasteiger partial charge < -0.3 is 9.84 Å². The summed E-state index contributed by atoms with van der Waals surface area (Å²) in [5.41, 5.74) is 2.06. The number of Topliss-reactive ketones (excluding diaryl/α,β-unsaturated/α-hetero) is 1. The van der Waals surface area contributed by atoms with Gasteiger partial charge in [0, 0.05) is 21.8 Å². The fraction of sp³-hybridized carbons (Fsp3) is 0.214. The van der Waals surface area contributed by atoms with Crippen LogP contribution in [0.4, 0.5) is 10.1 Å². The van der Waals surface area contributed by atoms with E-state index in [1.54, 1.807) is 50.4 Å². The van der Waals surface area contributed by atoms with Crippen molar-refractivity contribution in [3.63, 3.8) is 0 Å². The molecule has 1 amide bonds. The van der Waals surface area contributed by atoms with Gasteiger partial charge in [-0.05, 0) is 60.4 Å². The molecule has 1 saturated heterocycles. The van der Waals surface area contributed by atoms with Gasteiger partial charge >= 0.3 is 0 Å². The third-order valence-corrected chi connectivity index (χ3v) is 6.42. The Balaban J connectivity index is 2.01. The highest BCUT2D eigenvalue weighted by molar-refractivity contribution is 6.51. The number of hydrogen-bond donors (Lipinski definition) is 1. The van der Waals surface area contributed by atoms with Gasteiger partial charge in [-0.3, -0.25) is 14.5 Å². The monoisotopic (exact) mass is 493 g/mol. The van der Waals surface area contributed by atoms with Crippen LogP contribution in [0.5, 0.6) is 5.75 Å². The van der Waals surface area contributed by atoms with Crippen LogP contribution in [0.25, 0.3) is 5.76 Å². The number of ether oxygens (including phenoxy) is 1. The summed E-state index contributed by atoms with van der Waals surface area (Å²) in [6.45, 7) is 5.73. The molecule has 3 aromatic carbocycles. The first-order chi connectivity index (χ1) is 16.6. The second-order valence-electron chi connectivity index (χ2n) is 8.73. The van der Waals surface area contributed by atoms with Gasteiger partial charge in [0.2, 0.25) is 0 Å². The Labute approximate surface area is 208 Å². The van der Waals surface area contributed by atoms with Gasteiger partial charge in [-0.25, -0.2) is 4.39 Å². The maximum absolute atomic E-state index is 15.1. The van der Waals surface area contributed by atoms with E-state index in [-0.39, 0.29) is 22.8 Å². The van der Waals surface area contributed by atoms with E-state index < -0.39 is 23.5 Å². The van der Waals surface area contributed by atoms with Crippen molar-refractivity contribution in [3.8, 4) is 5.75 Å². The van der Waals surface area contributed by atoms with Gasteiger partial charge in [0.1, 0.15) is 17.3 Å². The Morgan fingerprint density at radius 2 is 1.80 bits per heavy atom. The smallest absolute Gasteiger partial charge is 0.300 e. The summed E-state index contributed by atoms with van der Waals surface area (Å²) in [7, 11) is 1.56. The number of ketones is 1. The van der Waals surface area contributed by atoms with E-state index in [1.807, 2.05) is 13.8 Å². The Kier molecular flexibility index (Phi) is 6.68. The number of hydrogen-bond acceptors (Lipinski definition) is 4. The summed E-state index contributed by atoms with van der Waals surface area (Å²) in [6, 6.07) is 14.6. The third kappa shape index (κ3) is 4.30. The lowest BCUT2D eigenvalue weighted by molar-refractivity contribution is -0.132. The van der Waals surface area contributed by atoms with Gasteiger partial charge in [-0.2, -0.15) is 0 Å². The van der Waals surface area contributed by atoms with E-state index in [1.165, 1.54) is 29.2 Å². The van der Waals surface area contributed by atoms with Crippen molar-refractivity contribution in [2.75, 3.05) is 12.0 Å². The highest BCUT2D eigenvalue weighted by atomic mass is 35.5. The number of nitrogens with zero attached hydrogens (tertiary/aromatic N) is 1. The fourth-order valence-electron chi connectivity index (χ4n) is 4.44. The predicted molar refractivity (Wildman–Crippen MR) is 134 cm³/mol. The minimum absolute atomic E-state index is 0.0633. The zero-order valence-electron chi connectivity index (χ0n) is 19.8. The predicted octanol–water partition coefficient (Wildman–Crippen LogP) is 6.55. The van der Waals surface area contributed by atoms with Crippen molar-refractivity contribution in [3.05, 3.63) is 99.3 Å². The number of anilines is 1. The number of aliphatic hydroxyl groups is 1. The van der Waals surface area contributed by atoms with Gasteiger partial charge in [-0.1, -0.05) is 49.7 Å². The highest BCUT2D eigenvalue weighted by Gasteiger charge is 2.48. The molecular formula is C28H25ClFNO4. The van der Waals surface area contributed by atoms with Crippen LogP contribution in [0.2, 0.25) is 5.02 Å². The molecule has 7 heteroatoms. The van der Waals surface area contributed by atoms with Gasteiger partial charge in [-0.15, -0.1) is 0 Å². The molecule has 0 saturated carbocycles. The lowest BCUT2D eigenvalue weighted by atomic mass is 9.91. The first-order valence-corrected chi connectivity index (χ1v) is 11.5. The molecule has 1 aliphatic heterocycles. The largest absolute Gasteiger partial charge is 0.507 e. The van der Waals surface area contributed by atoms with Crippen molar-refractivity contribution in [2.24, 2.45) is 0 Å². The van der Waals surface area contributed by atoms with Crippen molar-refractivity contribution in [2.45, 2.75) is 32.7 Å². The number of benzene rings is 3. The Morgan fingerprint density at radius 3 is 2.43 bits per heavy atom. The highest BCUT2D eigenvalue weighted by Crippen LogP contribution is 2.44. The number of halogens is 2. The second-order valence-corrected chi connectivity index (χ2v) is 9.17. The number of rotatable bonds is 5. The van der Waals surface area contributed by atoms with Crippen molar-refractivity contribution >= 4 is 34.7 Å². The molecule has 1 heterocycles. The minimum Gasteiger partial charge on any atom is -0.507 e. The first kappa shape index (κ1) is 24.5. The van der Waals surface area contributed by atoms with Crippen LogP contribution < -0.4 is 9.64 Å². The summed E-state index contributed by atoms with van der Waals surface area (Å²) in [6.07, 6.45) is 0. The normalized spacial score (nSPS) is 17.3. The SMILES string of the molecule is COc1cc(C)c(/C(O)=C2\C(=O)C(=O)N(c3cccc(Cl)c3)C2c2ccccc2F)cc1C(C)C. The lowest BCUT2D eigenvalue weighted by Crippen LogP contribution is -2.29. The number of aryl methyl sites for hydroxylation is 1. The molecule has 3 aromatic rings. The van der Waals surface area contributed by atoms with E-state index in [0.717, 1.165) is 5.56 Å².